The van der Waals surface area contributed by atoms with Crippen molar-refractivity contribution in [3.8, 4) is 11.4 Å². The lowest BCUT2D eigenvalue weighted by molar-refractivity contribution is -0.667. The number of hydrogen-bond acceptors (Lipinski definition) is 2. The third-order valence-electron chi connectivity index (χ3n) is 2.67. The van der Waals surface area contributed by atoms with E-state index in [4.69, 9.17) is 0 Å². The van der Waals surface area contributed by atoms with Gasteiger partial charge in [-0.15, -0.1) is 4.68 Å². The molecule has 0 N–H and O–H groups in total. The molecule has 0 aliphatic rings. The van der Waals surface area contributed by atoms with E-state index in [0.29, 0.717) is 0 Å². The van der Waals surface area contributed by atoms with Crippen molar-refractivity contribution in [3.63, 3.8) is 0 Å². The summed E-state index contributed by atoms with van der Waals surface area (Å²) in [6.45, 7) is 4.06. The van der Waals surface area contributed by atoms with Gasteiger partial charge in [0.15, 0.2) is 0 Å². The Morgan fingerprint density at radius 2 is 2.07 bits per heavy atom. The van der Waals surface area contributed by atoms with E-state index >= 15 is 0 Å². The zero-order valence-electron chi connectivity index (χ0n) is 9.52. The lowest BCUT2D eigenvalue weighted by atomic mass is 10.1. The number of rotatable bonds is 1. The minimum Gasteiger partial charge on any atom is -0.264 e. The third-order valence-corrected chi connectivity index (χ3v) is 2.67. The van der Waals surface area contributed by atoms with Crippen LogP contribution in [0.5, 0.6) is 0 Å². The molecule has 4 heteroatoms. The smallest absolute Gasteiger partial charge is 0.264 e. The van der Waals surface area contributed by atoms with Gasteiger partial charge in [-0.3, -0.25) is 4.98 Å². The molecule has 0 unspecified atom stereocenters. The molecule has 2 rings (SSSR count). The summed E-state index contributed by atoms with van der Waals surface area (Å²) in [5, 5.41) is 4.39. The molecular weight excluding hydrogens is 188 g/mol. The van der Waals surface area contributed by atoms with Crippen LogP contribution in [0, 0.1) is 13.8 Å². The van der Waals surface area contributed by atoms with Crippen molar-refractivity contribution in [2.24, 2.45) is 14.1 Å². The standard InChI is InChI=1S/C11H15N4/c1-8-7-12-6-5-10(8)11-14(3)9(2)13-15(11)4/h5-7H,1-4H3/q+1. The molecule has 0 aliphatic heterocycles. The number of aryl methyl sites for hydroxylation is 3. The van der Waals surface area contributed by atoms with Crippen LogP contribution in [0.15, 0.2) is 18.5 Å². The Labute approximate surface area is 89.2 Å². The summed E-state index contributed by atoms with van der Waals surface area (Å²) in [6, 6.07) is 2.02. The van der Waals surface area contributed by atoms with Crippen LogP contribution in [0.25, 0.3) is 11.4 Å². The normalized spacial score (nSPS) is 10.7. The number of pyridine rings is 1. The quantitative estimate of drug-likeness (QED) is 0.646. The Hall–Kier alpha value is -1.71. The number of hydrogen-bond donors (Lipinski definition) is 0. The summed E-state index contributed by atoms with van der Waals surface area (Å²) in [4.78, 5) is 4.10. The van der Waals surface area contributed by atoms with Crippen molar-refractivity contribution in [1.82, 2.24) is 14.8 Å². The molecule has 0 saturated heterocycles. The second kappa shape index (κ2) is 3.46. The van der Waals surface area contributed by atoms with E-state index in [-0.39, 0.29) is 0 Å². The van der Waals surface area contributed by atoms with Crippen molar-refractivity contribution in [2.45, 2.75) is 13.8 Å². The molecule has 0 spiro atoms. The molecule has 2 heterocycles. The van der Waals surface area contributed by atoms with Crippen molar-refractivity contribution in [3.05, 3.63) is 29.8 Å². The second-order valence-electron chi connectivity index (χ2n) is 3.74. The fraction of sp³-hybridized carbons (Fsp3) is 0.364. The van der Waals surface area contributed by atoms with Crippen molar-refractivity contribution < 1.29 is 4.57 Å². The van der Waals surface area contributed by atoms with Gasteiger partial charge in [0.05, 0.1) is 19.7 Å². The summed E-state index contributed by atoms with van der Waals surface area (Å²) in [5.41, 5.74) is 2.34. The Balaban J connectivity index is 2.69. The number of aromatic nitrogens is 4. The molecular formula is C11H15N4+. The molecule has 0 bridgehead atoms. The lowest BCUT2D eigenvalue weighted by Gasteiger charge is -2.01. The van der Waals surface area contributed by atoms with Crippen LogP contribution in [0.1, 0.15) is 11.4 Å². The first-order valence-corrected chi connectivity index (χ1v) is 4.92. The molecule has 2 aromatic rings. The maximum absolute atomic E-state index is 4.39. The molecule has 0 atom stereocenters. The summed E-state index contributed by atoms with van der Waals surface area (Å²) in [5.74, 6) is 2.11. The maximum Gasteiger partial charge on any atom is 0.274 e. The molecule has 2 aromatic heterocycles. The highest BCUT2D eigenvalue weighted by Gasteiger charge is 2.20. The highest BCUT2D eigenvalue weighted by atomic mass is 15.4. The van der Waals surface area contributed by atoms with Gasteiger partial charge >= 0.3 is 0 Å². The highest BCUT2D eigenvalue weighted by Crippen LogP contribution is 2.17. The van der Waals surface area contributed by atoms with Crippen LogP contribution in [0.2, 0.25) is 0 Å². The van der Waals surface area contributed by atoms with Crippen LogP contribution in [-0.4, -0.2) is 14.8 Å². The minimum atomic E-state index is 1.00. The zero-order valence-corrected chi connectivity index (χ0v) is 9.52. The Bertz CT molecular complexity index is 499. The van der Waals surface area contributed by atoms with E-state index in [0.717, 1.165) is 17.2 Å². The highest BCUT2D eigenvalue weighted by molar-refractivity contribution is 5.56. The predicted molar refractivity (Wildman–Crippen MR) is 57.1 cm³/mol. The van der Waals surface area contributed by atoms with E-state index in [1.165, 1.54) is 5.56 Å². The third kappa shape index (κ3) is 1.52. The monoisotopic (exact) mass is 203 g/mol. The van der Waals surface area contributed by atoms with Crippen LogP contribution >= 0.6 is 0 Å². The van der Waals surface area contributed by atoms with E-state index in [1.54, 1.807) is 0 Å². The van der Waals surface area contributed by atoms with Crippen molar-refractivity contribution >= 4 is 0 Å². The minimum absolute atomic E-state index is 1.00. The van der Waals surface area contributed by atoms with E-state index in [2.05, 4.69) is 21.6 Å². The Morgan fingerprint density at radius 3 is 2.60 bits per heavy atom. The molecule has 0 fully saturated rings. The summed E-state index contributed by atoms with van der Waals surface area (Å²) in [6.07, 6.45) is 3.68. The van der Waals surface area contributed by atoms with Crippen LogP contribution in [-0.2, 0) is 14.1 Å². The summed E-state index contributed by atoms with van der Waals surface area (Å²) in [7, 11) is 3.99. The van der Waals surface area contributed by atoms with Gasteiger partial charge in [0.25, 0.3) is 11.6 Å². The van der Waals surface area contributed by atoms with Crippen LogP contribution < -0.4 is 4.57 Å². The number of nitrogens with zero attached hydrogens (tertiary/aromatic N) is 4. The molecule has 0 saturated carbocycles. The molecule has 0 radical (unpaired) electrons. The van der Waals surface area contributed by atoms with Crippen molar-refractivity contribution in [2.75, 3.05) is 0 Å². The molecule has 0 aromatic carbocycles. The molecule has 0 amide bonds. The molecule has 4 nitrogen and oxygen atoms in total. The van der Waals surface area contributed by atoms with Crippen LogP contribution in [0.3, 0.4) is 0 Å². The van der Waals surface area contributed by atoms with Crippen LogP contribution in [0.4, 0.5) is 0 Å². The van der Waals surface area contributed by atoms with Gasteiger partial charge in [-0.05, 0) is 18.6 Å². The predicted octanol–water partition coefficient (Wildman–Crippen LogP) is 0.923. The van der Waals surface area contributed by atoms with E-state index < -0.39 is 0 Å². The fourth-order valence-electron chi connectivity index (χ4n) is 1.78. The zero-order chi connectivity index (χ0) is 11.0. The first-order chi connectivity index (χ1) is 7.11. The van der Waals surface area contributed by atoms with Gasteiger partial charge < -0.3 is 0 Å². The van der Waals surface area contributed by atoms with Gasteiger partial charge in [0.1, 0.15) is 0 Å². The first kappa shape index (κ1) is 9.83. The van der Waals surface area contributed by atoms with E-state index in [9.17, 15) is 0 Å². The molecule has 15 heavy (non-hydrogen) atoms. The lowest BCUT2D eigenvalue weighted by Crippen LogP contribution is -2.32. The van der Waals surface area contributed by atoms with Gasteiger partial charge in [0, 0.05) is 24.4 Å². The topological polar surface area (TPSA) is 34.6 Å². The fourth-order valence-corrected chi connectivity index (χ4v) is 1.78. The Morgan fingerprint density at radius 1 is 1.33 bits per heavy atom. The van der Waals surface area contributed by atoms with E-state index in [1.807, 2.05) is 44.2 Å². The Kier molecular flexibility index (Phi) is 2.26. The second-order valence-corrected chi connectivity index (χ2v) is 3.74. The van der Waals surface area contributed by atoms with Crippen molar-refractivity contribution in [1.29, 1.82) is 0 Å². The SMILES string of the molecule is Cc1cnccc1-c1n(C)nc(C)[n+]1C. The van der Waals surface area contributed by atoms with Gasteiger partial charge in [-0.25, -0.2) is 4.57 Å². The summed E-state index contributed by atoms with van der Waals surface area (Å²) < 4.78 is 3.99. The maximum atomic E-state index is 4.39. The largest absolute Gasteiger partial charge is 0.274 e. The van der Waals surface area contributed by atoms with Gasteiger partial charge in [0.2, 0.25) is 0 Å². The van der Waals surface area contributed by atoms with Gasteiger partial charge in [-0.1, -0.05) is 0 Å². The average Bonchev–Trinajstić information content (AvgIpc) is 2.43. The average molecular weight is 203 g/mol. The molecule has 78 valence electrons. The summed E-state index contributed by atoms with van der Waals surface area (Å²) >= 11 is 0. The first-order valence-electron chi connectivity index (χ1n) is 4.92. The molecule has 0 aliphatic carbocycles. The van der Waals surface area contributed by atoms with Gasteiger partial charge in [-0.2, -0.15) is 0 Å².